The molecule has 0 aromatic heterocycles. The maximum Gasteiger partial charge on any atom is 0.306 e. The van der Waals surface area contributed by atoms with Crippen molar-refractivity contribution in [3.8, 4) is 0 Å². The van der Waals surface area contributed by atoms with Gasteiger partial charge in [0, 0.05) is 13.0 Å². The van der Waals surface area contributed by atoms with Gasteiger partial charge in [-0.2, -0.15) is 0 Å². The Kier molecular flexibility index (Phi) is 30.6. The Morgan fingerprint density at radius 2 is 1.16 bits per heavy atom. The summed E-state index contributed by atoms with van der Waals surface area (Å²) in [6.07, 6.45) is 35.1. The molecular formula is C42H70O9. The second-order valence-electron chi connectivity index (χ2n) is 13.0. The summed E-state index contributed by atoms with van der Waals surface area (Å²) in [5.41, 5.74) is 0. The second kappa shape index (κ2) is 33.5. The molecule has 6 atom stereocenters. The van der Waals surface area contributed by atoms with Crippen molar-refractivity contribution in [2.45, 2.75) is 160 Å². The van der Waals surface area contributed by atoms with Gasteiger partial charge in [-0.15, -0.1) is 0 Å². The molecule has 0 radical (unpaired) electrons. The molecule has 0 spiro atoms. The standard InChI is InChI=1S/C42H70O9/c1-3-5-7-9-11-13-14-15-16-17-18-19-20-21-22-23-25-27-29-31-38(44)50-36(34-48-32-30-28-26-24-12-10-8-6-4-2)35-49-42-41(47)40(46)39(45)37(33-43)51-42/h5,7,11,13,15-16,18-19,21-22,25,27,36-37,39-43,45-47H,3-4,6,8-10,12,14,17,20,23-24,26,28-35H2,1-2H3/b7-5-,13-11-,16-15-,19-18-,22-21-,27-25-. The third kappa shape index (κ3) is 25.3. The van der Waals surface area contributed by atoms with Gasteiger partial charge in [-0.3, -0.25) is 4.79 Å². The third-order valence-electron chi connectivity index (χ3n) is 8.40. The molecule has 1 aliphatic rings. The summed E-state index contributed by atoms with van der Waals surface area (Å²) in [5.74, 6) is -0.399. The van der Waals surface area contributed by atoms with Crippen LogP contribution in [0.15, 0.2) is 72.9 Å². The zero-order valence-corrected chi connectivity index (χ0v) is 31.6. The Labute approximate surface area is 308 Å². The number of esters is 1. The Balaban J connectivity index is 2.38. The molecule has 0 aromatic rings. The van der Waals surface area contributed by atoms with Gasteiger partial charge in [-0.25, -0.2) is 0 Å². The number of aliphatic hydroxyl groups excluding tert-OH is 4. The second-order valence-corrected chi connectivity index (χ2v) is 13.0. The minimum absolute atomic E-state index is 0.111. The van der Waals surface area contributed by atoms with Crippen molar-refractivity contribution >= 4 is 5.97 Å². The Hall–Kier alpha value is -2.37. The summed E-state index contributed by atoms with van der Waals surface area (Å²) in [7, 11) is 0. The molecule has 51 heavy (non-hydrogen) atoms. The van der Waals surface area contributed by atoms with E-state index in [4.69, 9.17) is 18.9 Å². The number of ether oxygens (including phenoxy) is 4. The summed E-state index contributed by atoms with van der Waals surface area (Å²) < 4.78 is 22.6. The molecule has 1 fully saturated rings. The molecule has 1 aliphatic heterocycles. The normalized spacial score (nSPS) is 22.2. The molecule has 1 rings (SSSR count). The van der Waals surface area contributed by atoms with Crippen LogP contribution < -0.4 is 0 Å². The monoisotopic (exact) mass is 719 g/mol. The number of rotatable bonds is 31. The number of unbranched alkanes of at least 4 members (excludes halogenated alkanes) is 8. The summed E-state index contributed by atoms with van der Waals surface area (Å²) >= 11 is 0. The Morgan fingerprint density at radius 3 is 1.69 bits per heavy atom. The van der Waals surface area contributed by atoms with Gasteiger partial charge >= 0.3 is 5.97 Å². The maximum absolute atomic E-state index is 12.7. The molecule has 292 valence electrons. The van der Waals surface area contributed by atoms with Crippen LogP contribution in [0.4, 0.5) is 0 Å². The number of hydrogen-bond donors (Lipinski definition) is 4. The van der Waals surface area contributed by atoms with Crippen molar-refractivity contribution in [3.63, 3.8) is 0 Å². The van der Waals surface area contributed by atoms with Crippen LogP contribution in [0.1, 0.15) is 123 Å². The Morgan fingerprint density at radius 1 is 0.647 bits per heavy atom. The van der Waals surface area contributed by atoms with E-state index in [-0.39, 0.29) is 19.6 Å². The average molecular weight is 719 g/mol. The summed E-state index contributed by atoms with van der Waals surface area (Å²) in [4.78, 5) is 12.7. The van der Waals surface area contributed by atoms with Gasteiger partial charge < -0.3 is 39.4 Å². The van der Waals surface area contributed by atoms with E-state index >= 15 is 0 Å². The highest BCUT2D eigenvalue weighted by Gasteiger charge is 2.44. The highest BCUT2D eigenvalue weighted by molar-refractivity contribution is 5.69. The molecule has 9 heteroatoms. The molecule has 6 unspecified atom stereocenters. The molecule has 4 N–H and O–H groups in total. The van der Waals surface area contributed by atoms with Crippen LogP contribution in [0, 0.1) is 0 Å². The van der Waals surface area contributed by atoms with Crippen molar-refractivity contribution in [3.05, 3.63) is 72.9 Å². The van der Waals surface area contributed by atoms with Gasteiger partial charge in [-0.1, -0.05) is 138 Å². The largest absolute Gasteiger partial charge is 0.457 e. The number of aliphatic hydroxyl groups is 4. The third-order valence-corrected chi connectivity index (χ3v) is 8.40. The molecule has 1 saturated heterocycles. The summed E-state index contributed by atoms with van der Waals surface area (Å²) in [6, 6.07) is 0. The molecule has 0 bridgehead atoms. The van der Waals surface area contributed by atoms with Crippen LogP contribution in [0.25, 0.3) is 0 Å². The minimum Gasteiger partial charge on any atom is -0.457 e. The fourth-order valence-electron chi connectivity index (χ4n) is 5.34. The first-order valence-electron chi connectivity index (χ1n) is 19.5. The lowest BCUT2D eigenvalue weighted by Gasteiger charge is -2.39. The van der Waals surface area contributed by atoms with E-state index in [9.17, 15) is 25.2 Å². The Bertz CT molecular complexity index is 1000. The minimum atomic E-state index is -1.55. The topological polar surface area (TPSA) is 135 Å². The number of carbonyl (C=O) groups excluding carboxylic acids is 1. The lowest BCUT2D eigenvalue weighted by atomic mass is 9.99. The van der Waals surface area contributed by atoms with Crippen molar-refractivity contribution in [2.24, 2.45) is 0 Å². The highest BCUT2D eigenvalue weighted by atomic mass is 16.7. The van der Waals surface area contributed by atoms with Crippen molar-refractivity contribution < 1.29 is 44.2 Å². The van der Waals surface area contributed by atoms with Gasteiger partial charge in [0.05, 0.1) is 19.8 Å². The predicted molar refractivity (Wildman–Crippen MR) is 205 cm³/mol. The zero-order valence-electron chi connectivity index (χ0n) is 31.6. The molecule has 0 aliphatic carbocycles. The van der Waals surface area contributed by atoms with Gasteiger partial charge in [0.15, 0.2) is 6.29 Å². The first-order valence-corrected chi connectivity index (χ1v) is 19.5. The quantitative estimate of drug-likeness (QED) is 0.0323. The van der Waals surface area contributed by atoms with Crippen LogP contribution in [-0.4, -0.2) is 89.6 Å². The van der Waals surface area contributed by atoms with Gasteiger partial charge in [-0.05, 0) is 51.4 Å². The van der Waals surface area contributed by atoms with Crippen molar-refractivity contribution in [2.75, 3.05) is 26.4 Å². The maximum atomic E-state index is 12.7. The fraction of sp³-hybridized carbons (Fsp3) is 0.690. The van der Waals surface area contributed by atoms with Crippen molar-refractivity contribution in [1.29, 1.82) is 0 Å². The first kappa shape index (κ1) is 46.7. The van der Waals surface area contributed by atoms with E-state index < -0.39 is 49.4 Å². The van der Waals surface area contributed by atoms with E-state index in [0.29, 0.717) is 13.0 Å². The van der Waals surface area contributed by atoms with E-state index in [1.54, 1.807) is 0 Å². The van der Waals surface area contributed by atoms with E-state index in [2.05, 4.69) is 74.6 Å². The SMILES string of the molecule is CC/C=C\C/C=C\C/C=C\C/C=C\C/C=C\C/C=C\CCC(=O)OC(COCCCCCCCCCCC)COC1OC(CO)C(O)C(O)C1O. The molecule has 0 aromatic carbocycles. The molecule has 0 amide bonds. The number of hydrogen-bond acceptors (Lipinski definition) is 9. The summed E-state index contributed by atoms with van der Waals surface area (Å²) in [5, 5.41) is 39.9. The molecule has 1 heterocycles. The van der Waals surface area contributed by atoms with E-state index in [1.807, 2.05) is 12.2 Å². The van der Waals surface area contributed by atoms with Crippen LogP contribution in [-0.2, 0) is 23.7 Å². The fourth-order valence-corrected chi connectivity index (χ4v) is 5.34. The van der Waals surface area contributed by atoms with Crippen molar-refractivity contribution in [1.82, 2.24) is 0 Å². The van der Waals surface area contributed by atoms with Crippen LogP contribution in [0.5, 0.6) is 0 Å². The average Bonchev–Trinajstić information content (AvgIpc) is 3.13. The van der Waals surface area contributed by atoms with Crippen LogP contribution in [0.3, 0.4) is 0 Å². The number of carbonyl (C=O) groups is 1. The first-order chi connectivity index (χ1) is 24.9. The van der Waals surface area contributed by atoms with Gasteiger partial charge in [0.1, 0.15) is 30.5 Å². The predicted octanol–water partition coefficient (Wildman–Crippen LogP) is 7.74. The lowest BCUT2D eigenvalue weighted by molar-refractivity contribution is -0.305. The van der Waals surface area contributed by atoms with Gasteiger partial charge in [0.25, 0.3) is 0 Å². The van der Waals surface area contributed by atoms with E-state index in [0.717, 1.165) is 51.4 Å². The van der Waals surface area contributed by atoms with Crippen LogP contribution >= 0.6 is 0 Å². The lowest BCUT2D eigenvalue weighted by Crippen LogP contribution is -2.59. The smallest absolute Gasteiger partial charge is 0.306 e. The highest BCUT2D eigenvalue weighted by Crippen LogP contribution is 2.22. The summed E-state index contributed by atoms with van der Waals surface area (Å²) in [6.45, 7) is 4.30. The number of allylic oxidation sites excluding steroid dienone is 12. The molecule has 0 saturated carbocycles. The van der Waals surface area contributed by atoms with E-state index in [1.165, 1.54) is 44.9 Å². The zero-order chi connectivity index (χ0) is 37.2. The van der Waals surface area contributed by atoms with Crippen LogP contribution in [0.2, 0.25) is 0 Å². The van der Waals surface area contributed by atoms with Gasteiger partial charge in [0.2, 0.25) is 0 Å². The molecular weight excluding hydrogens is 648 g/mol. The molecule has 9 nitrogen and oxygen atoms in total.